The van der Waals surface area contributed by atoms with E-state index in [4.69, 9.17) is 23.2 Å². The lowest BCUT2D eigenvalue weighted by atomic mass is 10.2. The maximum Gasteiger partial charge on any atom is 0.112 e. The molecule has 0 aliphatic carbocycles. The van der Waals surface area contributed by atoms with Crippen LogP contribution in [0.1, 0.15) is 24.6 Å². The van der Waals surface area contributed by atoms with Gasteiger partial charge < -0.3 is 0 Å². The van der Waals surface area contributed by atoms with Gasteiger partial charge in [0.1, 0.15) is 4.34 Å². The maximum atomic E-state index is 5.76. The molecule has 0 nitrogen and oxygen atoms in total. The monoisotopic (exact) mass is 194 g/mol. The van der Waals surface area contributed by atoms with E-state index in [2.05, 4.69) is 13.8 Å². The Morgan fingerprint density at radius 1 is 1.40 bits per heavy atom. The summed E-state index contributed by atoms with van der Waals surface area (Å²) in [5.74, 6) is 0.523. The summed E-state index contributed by atoms with van der Waals surface area (Å²) in [6.45, 7) is 4.25. The lowest BCUT2D eigenvalue weighted by molar-refractivity contribution is 0.890. The minimum Gasteiger partial charge on any atom is -0.127 e. The van der Waals surface area contributed by atoms with Gasteiger partial charge in [-0.3, -0.25) is 0 Å². The van der Waals surface area contributed by atoms with Crippen molar-refractivity contribution in [2.75, 3.05) is 0 Å². The van der Waals surface area contributed by atoms with E-state index >= 15 is 0 Å². The zero-order valence-corrected chi connectivity index (χ0v) is 8.15. The molecule has 0 N–H and O–H groups in total. The third-order valence-electron chi connectivity index (χ3n) is 1.23. The molecule has 0 fully saturated rings. The molecular formula is C7H8Cl2S. The minimum absolute atomic E-state index is 0.523. The van der Waals surface area contributed by atoms with E-state index in [9.17, 15) is 0 Å². The fraction of sp³-hybridized carbons (Fsp3) is 0.429. The smallest absolute Gasteiger partial charge is 0.112 e. The van der Waals surface area contributed by atoms with E-state index in [1.807, 2.05) is 6.07 Å². The molecular weight excluding hydrogens is 187 g/mol. The maximum absolute atomic E-state index is 5.76. The van der Waals surface area contributed by atoms with Gasteiger partial charge in [-0.2, -0.15) is 0 Å². The Morgan fingerprint density at radius 3 is 2.20 bits per heavy atom. The van der Waals surface area contributed by atoms with Crippen LogP contribution in [-0.4, -0.2) is 0 Å². The molecule has 10 heavy (non-hydrogen) atoms. The van der Waals surface area contributed by atoms with Gasteiger partial charge in [-0.1, -0.05) is 37.0 Å². The van der Waals surface area contributed by atoms with Crippen molar-refractivity contribution >= 4 is 34.5 Å². The summed E-state index contributed by atoms with van der Waals surface area (Å²) in [7, 11) is 0. The summed E-state index contributed by atoms with van der Waals surface area (Å²) < 4.78 is 0.699. The third-order valence-corrected chi connectivity index (χ3v) is 3.40. The van der Waals surface area contributed by atoms with Crippen LogP contribution in [0.2, 0.25) is 9.36 Å². The SMILES string of the molecule is CC(C)c1cc(Cl)c(Cl)s1. The molecule has 0 radical (unpaired) electrons. The van der Waals surface area contributed by atoms with E-state index in [-0.39, 0.29) is 0 Å². The molecule has 1 aromatic rings. The second-order valence-corrected chi connectivity index (χ2v) is 4.52. The summed E-state index contributed by atoms with van der Waals surface area (Å²) >= 11 is 13.1. The van der Waals surface area contributed by atoms with Crippen molar-refractivity contribution in [3.63, 3.8) is 0 Å². The molecule has 1 rings (SSSR count). The zero-order chi connectivity index (χ0) is 7.72. The standard InChI is InChI=1S/C7H8Cl2S/c1-4(2)6-3-5(8)7(9)10-6/h3-4H,1-2H3. The molecule has 0 unspecified atom stereocenters. The topological polar surface area (TPSA) is 0 Å². The Balaban J connectivity index is 2.98. The van der Waals surface area contributed by atoms with Crippen LogP contribution in [-0.2, 0) is 0 Å². The molecule has 0 atom stereocenters. The van der Waals surface area contributed by atoms with Crippen LogP contribution in [0.4, 0.5) is 0 Å². The van der Waals surface area contributed by atoms with Crippen LogP contribution < -0.4 is 0 Å². The molecule has 0 saturated carbocycles. The predicted octanol–water partition coefficient (Wildman–Crippen LogP) is 4.18. The molecule has 0 aliphatic heterocycles. The van der Waals surface area contributed by atoms with Crippen LogP contribution in [0.15, 0.2) is 6.07 Å². The van der Waals surface area contributed by atoms with E-state index in [0.717, 1.165) is 0 Å². The lowest BCUT2D eigenvalue weighted by Gasteiger charge is -1.95. The third kappa shape index (κ3) is 1.66. The highest BCUT2D eigenvalue weighted by Crippen LogP contribution is 2.35. The van der Waals surface area contributed by atoms with E-state index in [0.29, 0.717) is 15.3 Å². The summed E-state index contributed by atoms with van der Waals surface area (Å²) in [4.78, 5) is 1.25. The van der Waals surface area contributed by atoms with Crippen LogP contribution >= 0.6 is 34.5 Å². The Morgan fingerprint density at radius 2 is 2.00 bits per heavy atom. The minimum atomic E-state index is 0.523. The second-order valence-electron chi connectivity index (χ2n) is 2.43. The van der Waals surface area contributed by atoms with Gasteiger partial charge in [0, 0.05) is 4.88 Å². The molecule has 0 bridgehead atoms. The van der Waals surface area contributed by atoms with Crippen molar-refractivity contribution in [2.45, 2.75) is 19.8 Å². The fourth-order valence-electron chi connectivity index (χ4n) is 0.648. The van der Waals surface area contributed by atoms with Gasteiger partial charge in [0.05, 0.1) is 5.02 Å². The second kappa shape index (κ2) is 3.12. The molecule has 0 amide bonds. The first-order chi connectivity index (χ1) is 4.61. The summed E-state index contributed by atoms with van der Waals surface area (Å²) in [5.41, 5.74) is 0. The van der Waals surface area contributed by atoms with Crippen molar-refractivity contribution in [1.29, 1.82) is 0 Å². The van der Waals surface area contributed by atoms with Gasteiger partial charge >= 0.3 is 0 Å². The average Bonchev–Trinajstić information content (AvgIpc) is 2.13. The van der Waals surface area contributed by atoms with Crippen LogP contribution in [0.3, 0.4) is 0 Å². The highest BCUT2D eigenvalue weighted by molar-refractivity contribution is 7.17. The van der Waals surface area contributed by atoms with Gasteiger partial charge in [-0.15, -0.1) is 11.3 Å². The van der Waals surface area contributed by atoms with Crippen molar-refractivity contribution in [1.82, 2.24) is 0 Å². The highest BCUT2D eigenvalue weighted by atomic mass is 35.5. The van der Waals surface area contributed by atoms with Crippen molar-refractivity contribution in [2.24, 2.45) is 0 Å². The lowest BCUT2D eigenvalue weighted by Crippen LogP contribution is -1.77. The first kappa shape index (κ1) is 8.38. The Hall–Kier alpha value is 0.280. The van der Waals surface area contributed by atoms with Gasteiger partial charge in [0.25, 0.3) is 0 Å². The molecule has 3 heteroatoms. The van der Waals surface area contributed by atoms with Crippen molar-refractivity contribution in [3.05, 3.63) is 20.3 Å². The fourth-order valence-corrected chi connectivity index (χ4v) is 2.04. The molecule has 0 aromatic carbocycles. The molecule has 1 aromatic heterocycles. The summed E-state index contributed by atoms with van der Waals surface area (Å²) in [5, 5.41) is 0.676. The van der Waals surface area contributed by atoms with Gasteiger partial charge in [-0.25, -0.2) is 0 Å². The zero-order valence-electron chi connectivity index (χ0n) is 5.82. The van der Waals surface area contributed by atoms with E-state index < -0.39 is 0 Å². The number of hydrogen-bond donors (Lipinski definition) is 0. The summed E-state index contributed by atoms with van der Waals surface area (Å²) in [6, 6.07) is 1.93. The van der Waals surface area contributed by atoms with Gasteiger partial charge in [-0.05, 0) is 12.0 Å². The van der Waals surface area contributed by atoms with Crippen LogP contribution in [0.5, 0.6) is 0 Å². The number of halogens is 2. The average molecular weight is 195 g/mol. The van der Waals surface area contributed by atoms with Gasteiger partial charge in [0.15, 0.2) is 0 Å². The highest BCUT2D eigenvalue weighted by Gasteiger charge is 2.06. The van der Waals surface area contributed by atoms with Crippen LogP contribution in [0, 0.1) is 0 Å². The van der Waals surface area contributed by atoms with E-state index in [1.54, 1.807) is 11.3 Å². The number of hydrogen-bond acceptors (Lipinski definition) is 1. The van der Waals surface area contributed by atoms with Gasteiger partial charge in [0.2, 0.25) is 0 Å². The number of rotatable bonds is 1. The van der Waals surface area contributed by atoms with Crippen molar-refractivity contribution in [3.8, 4) is 0 Å². The number of thiophene rings is 1. The Labute approximate surface area is 74.8 Å². The largest absolute Gasteiger partial charge is 0.127 e. The molecule has 0 spiro atoms. The Bertz CT molecular complexity index is 208. The predicted molar refractivity (Wildman–Crippen MR) is 48.4 cm³/mol. The quantitative estimate of drug-likeness (QED) is 0.630. The van der Waals surface area contributed by atoms with Crippen LogP contribution in [0.25, 0.3) is 0 Å². The molecule has 0 aliphatic rings. The first-order valence-electron chi connectivity index (χ1n) is 3.06. The summed E-state index contributed by atoms with van der Waals surface area (Å²) in [6.07, 6.45) is 0. The normalized spacial score (nSPS) is 10.9. The first-order valence-corrected chi connectivity index (χ1v) is 4.63. The molecule has 1 heterocycles. The van der Waals surface area contributed by atoms with Crippen molar-refractivity contribution < 1.29 is 0 Å². The van der Waals surface area contributed by atoms with E-state index in [1.165, 1.54) is 4.88 Å². The molecule has 56 valence electrons. The Kier molecular flexibility index (Phi) is 2.61. The molecule has 0 saturated heterocycles.